The number of hydrogen-bond donors (Lipinski definition) is 2. The largest absolute Gasteiger partial charge is 0.481 e. The summed E-state index contributed by atoms with van der Waals surface area (Å²) >= 11 is 0. The van der Waals surface area contributed by atoms with Crippen LogP contribution in [0.1, 0.15) is 79.2 Å². The lowest BCUT2D eigenvalue weighted by atomic mass is 9.76. The number of allylic oxidation sites excluding steroid dienone is 3. The van der Waals surface area contributed by atoms with Gasteiger partial charge in [0.05, 0.1) is 30.8 Å². The zero-order valence-corrected chi connectivity index (χ0v) is 26.5. The van der Waals surface area contributed by atoms with Crippen molar-refractivity contribution < 1.29 is 23.5 Å². The Balaban J connectivity index is 2.01. The molecule has 232 valence electrons. The van der Waals surface area contributed by atoms with Gasteiger partial charge in [-0.05, 0) is 89.6 Å². The van der Waals surface area contributed by atoms with Crippen molar-refractivity contribution >= 4 is 17.5 Å². The number of nitrogens with zero attached hydrogens (tertiary/aromatic N) is 3. The number of amides is 1. The van der Waals surface area contributed by atoms with E-state index in [0.717, 1.165) is 34.4 Å². The number of halogens is 1. The first kappa shape index (κ1) is 33.3. The number of aromatic nitrogens is 1. The molecule has 0 radical (unpaired) electrons. The van der Waals surface area contributed by atoms with Crippen LogP contribution in [0.2, 0.25) is 0 Å². The van der Waals surface area contributed by atoms with Crippen molar-refractivity contribution in [2.75, 3.05) is 20.3 Å². The smallest absolute Gasteiger partial charge is 0.407 e. The molecule has 0 aliphatic heterocycles. The van der Waals surface area contributed by atoms with E-state index in [-0.39, 0.29) is 24.9 Å². The molecule has 1 aromatic heterocycles. The molecular formula is C33H44FN5O4. The molecule has 1 aromatic carbocycles. The van der Waals surface area contributed by atoms with Gasteiger partial charge in [-0.1, -0.05) is 29.8 Å². The molecule has 43 heavy (non-hydrogen) atoms. The van der Waals surface area contributed by atoms with Gasteiger partial charge in [-0.15, -0.1) is 0 Å². The number of methoxy groups -OCH3 is 1. The maximum atomic E-state index is 14.6. The number of carbonyl (C=O) groups is 1. The van der Waals surface area contributed by atoms with Crippen LogP contribution in [0.15, 0.2) is 69.1 Å². The second-order valence-electron chi connectivity index (χ2n) is 11.7. The van der Waals surface area contributed by atoms with Gasteiger partial charge in [0.15, 0.2) is 0 Å². The minimum Gasteiger partial charge on any atom is -0.481 e. The van der Waals surface area contributed by atoms with Crippen LogP contribution in [0.4, 0.5) is 9.18 Å². The van der Waals surface area contributed by atoms with Gasteiger partial charge in [-0.3, -0.25) is 0 Å². The molecule has 1 aliphatic rings. The highest BCUT2D eigenvalue weighted by molar-refractivity contribution is 6.27. The number of oxime groups is 1. The number of pyridine rings is 1. The summed E-state index contributed by atoms with van der Waals surface area (Å²) in [6, 6.07) is 10.2. The highest BCUT2D eigenvalue weighted by atomic mass is 19.1. The lowest BCUT2D eigenvalue weighted by Gasteiger charge is -2.29. The number of hydrogen-bond acceptors (Lipinski definition) is 8. The van der Waals surface area contributed by atoms with Crippen LogP contribution in [-0.4, -0.2) is 48.4 Å². The third-order valence-electron chi connectivity index (χ3n) is 6.88. The highest BCUT2D eigenvalue weighted by Crippen LogP contribution is 2.39. The van der Waals surface area contributed by atoms with Crippen LogP contribution in [0.25, 0.3) is 11.3 Å². The first-order valence-electron chi connectivity index (χ1n) is 14.5. The molecule has 1 aliphatic carbocycles. The monoisotopic (exact) mass is 593 g/mol. The van der Waals surface area contributed by atoms with Gasteiger partial charge in [-0.25, -0.2) is 19.2 Å². The van der Waals surface area contributed by atoms with Gasteiger partial charge in [0.2, 0.25) is 5.88 Å². The van der Waals surface area contributed by atoms with E-state index in [1.54, 1.807) is 40.0 Å². The lowest BCUT2D eigenvalue weighted by molar-refractivity contribution is 0.0501. The van der Waals surface area contributed by atoms with E-state index >= 15 is 0 Å². The number of alkyl carbamates (subject to hydrolysis) is 1. The molecule has 0 spiro atoms. The summed E-state index contributed by atoms with van der Waals surface area (Å²) in [7, 11) is 1.55. The van der Waals surface area contributed by atoms with E-state index in [2.05, 4.69) is 15.5 Å². The Hall–Kier alpha value is -4.21. The summed E-state index contributed by atoms with van der Waals surface area (Å²) in [5.74, 6) is 0.419. The van der Waals surface area contributed by atoms with Crippen molar-refractivity contribution in [3.05, 3.63) is 70.3 Å². The van der Waals surface area contributed by atoms with E-state index in [1.165, 1.54) is 12.1 Å². The number of rotatable bonds is 9. The number of nitrogens with two attached hydrogens (primary N) is 1. The number of aliphatic imine (C=N–C) groups is 1. The fourth-order valence-electron chi connectivity index (χ4n) is 4.73. The van der Waals surface area contributed by atoms with Crippen LogP contribution >= 0.6 is 0 Å². The normalized spacial score (nSPS) is 17.9. The minimum atomic E-state index is -0.595. The van der Waals surface area contributed by atoms with Crippen LogP contribution < -0.4 is 15.8 Å². The molecule has 1 heterocycles. The SMILES string of the molecule is CC/C(C)=C(N)/N=C1/CC(c2ccc(F)cc2-c2cccc(OC)n2)C/C(=N\OCCNC(=O)OC(C)(C)C)C1=C(C)C. The van der Waals surface area contributed by atoms with Crippen LogP contribution in [0.3, 0.4) is 0 Å². The summed E-state index contributed by atoms with van der Waals surface area (Å²) in [5, 5.41) is 7.20. The number of carbonyl (C=O) groups excluding carboxylic acids is 1. The van der Waals surface area contributed by atoms with Gasteiger partial charge in [0.1, 0.15) is 23.8 Å². The second-order valence-corrected chi connectivity index (χ2v) is 11.7. The predicted molar refractivity (Wildman–Crippen MR) is 169 cm³/mol. The summed E-state index contributed by atoms with van der Waals surface area (Å²) in [6.45, 7) is 13.8. The number of benzene rings is 1. The van der Waals surface area contributed by atoms with Crippen molar-refractivity contribution in [1.29, 1.82) is 0 Å². The summed E-state index contributed by atoms with van der Waals surface area (Å²) < 4.78 is 25.2. The molecule has 10 heteroatoms. The zero-order valence-electron chi connectivity index (χ0n) is 26.5. The number of nitrogens with one attached hydrogen (secondary N) is 1. The van der Waals surface area contributed by atoms with Gasteiger partial charge in [0.25, 0.3) is 0 Å². The van der Waals surface area contributed by atoms with E-state index in [0.29, 0.717) is 41.5 Å². The molecule has 1 fully saturated rings. The van der Waals surface area contributed by atoms with E-state index in [1.807, 2.05) is 39.8 Å². The van der Waals surface area contributed by atoms with Crippen molar-refractivity contribution in [2.24, 2.45) is 15.9 Å². The van der Waals surface area contributed by atoms with Gasteiger partial charge in [0, 0.05) is 23.6 Å². The standard InChI is InChI=1S/C33H44FN5O4/c1-9-21(4)31(35)38-27-17-22(24-14-13-23(34)19-25(24)26-11-10-12-29(37-26)41-8)18-28(30(27)20(2)3)39-42-16-15-36-32(40)43-33(5,6)7/h10-14,19,22H,9,15-18,35H2,1-8H3,(H,36,40)/b31-21+,38-27-,39-28+. The molecule has 1 atom stereocenters. The van der Waals surface area contributed by atoms with Crippen LogP contribution in [0, 0.1) is 5.82 Å². The first-order chi connectivity index (χ1) is 20.3. The van der Waals surface area contributed by atoms with Crippen LogP contribution in [0.5, 0.6) is 5.88 Å². The van der Waals surface area contributed by atoms with Gasteiger partial charge in [-0.2, -0.15) is 0 Å². The number of ether oxygens (including phenoxy) is 2. The molecule has 3 N–H and O–H groups in total. The fraction of sp³-hybridized carbons (Fsp3) is 0.455. The zero-order chi connectivity index (χ0) is 31.7. The molecule has 1 amide bonds. The van der Waals surface area contributed by atoms with Gasteiger partial charge < -0.3 is 25.4 Å². The Morgan fingerprint density at radius 2 is 1.86 bits per heavy atom. The predicted octanol–water partition coefficient (Wildman–Crippen LogP) is 7.05. The molecule has 0 bridgehead atoms. The second kappa shape index (κ2) is 14.8. The highest BCUT2D eigenvalue weighted by Gasteiger charge is 2.32. The Labute approximate surface area is 254 Å². The van der Waals surface area contributed by atoms with Crippen molar-refractivity contribution in [1.82, 2.24) is 10.3 Å². The minimum absolute atomic E-state index is 0.123. The maximum Gasteiger partial charge on any atom is 0.407 e. The lowest BCUT2D eigenvalue weighted by Crippen LogP contribution is -2.34. The topological polar surface area (TPSA) is 120 Å². The van der Waals surface area contributed by atoms with Gasteiger partial charge >= 0.3 is 6.09 Å². The fourth-order valence-corrected chi connectivity index (χ4v) is 4.73. The maximum absolute atomic E-state index is 14.6. The summed E-state index contributed by atoms with van der Waals surface area (Å²) in [6.07, 6.45) is 1.32. The van der Waals surface area contributed by atoms with E-state index in [9.17, 15) is 9.18 Å². The molecular weight excluding hydrogens is 549 g/mol. The van der Waals surface area contributed by atoms with Crippen molar-refractivity contribution in [2.45, 2.75) is 79.2 Å². The Bertz CT molecular complexity index is 1440. The average molecular weight is 594 g/mol. The molecule has 3 rings (SSSR count). The third-order valence-corrected chi connectivity index (χ3v) is 6.88. The molecule has 1 saturated carbocycles. The summed E-state index contributed by atoms with van der Waals surface area (Å²) in [5.41, 5.74) is 12.3. The van der Waals surface area contributed by atoms with E-state index in [4.69, 9.17) is 25.0 Å². The molecule has 9 nitrogen and oxygen atoms in total. The quantitative estimate of drug-likeness (QED) is 0.237. The van der Waals surface area contributed by atoms with Crippen molar-refractivity contribution in [3.8, 4) is 17.1 Å². The molecule has 2 aromatic rings. The third kappa shape index (κ3) is 9.39. The van der Waals surface area contributed by atoms with Crippen LogP contribution in [-0.2, 0) is 9.57 Å². The first-order valence-corrected chi connectivity index (χ1v) is 14.5. The molecule has 1 unspecified atom stereocenters. The average Bonchev–Trinajstić information content (AvgIpc) is 2.95. The Morgan fingerprint density at radius 1 is 1.14 bits per heavy atom. The van der Waals surface area contributed by atoms with E-state index < -0.39 is 11.7 Å². The Morgan fingerprint density at radius 3 is 2.51 bits per heavy atom. The summed E-state index contributed by atoms with van der Waals surface area (Å²) in [4.78, 5) is 27.2. The Kier molecular flexibility index (Phi) is 11.5. The van der Waals surface area contributed by atoms with Crippen molar-refractivity contribution in [3.63, 3.8) is 0 Å². The molecule has 0 saturated heterocycles.